The van der Waals surface area contributed by atoms with E-state index >= 15 is 0 Å². The van der Waals surface area contributed by atoms with Crippen molar-refractivity contribution in [3.05, 3.63) is 107 Å². The molecule has 3 heteroatoms. The number of nitrogens with one attached hydrogen (secondary N) is 1. The largest absolute Gasteiger partial charge is 0.402 e. The summed E-state index contributed by atoms with van der Waals surface area (Å²) in [6, 6.07) is 8.76. The van der Waals surface area contributed by atoms with Gasteiger partial charge in [0.15, 0.2) is 0 Å². The van der Waals surface area contributed by atoms with Crippen LogP contribution < -0.4 is 11.1 Å². The summed E-state index contributed by atoms with van der Waals surface area (Å²) in [5.41, 5.74) is 14.0. The summed E-state index contributed by atoms with van der Waals surface area (Å²) in [7, 11) is 0. The Morgan fingerprint density at radius 1 is 1.23 bits per heavy atom. The van der Waals surface area contributed by atoms with Crippen LogP contribution in [-0.4, -0.2) is 12.3 Å². The molecule has 0 saturated carbocycles. The molecule has 1 aliphatic carbocycles. The van der Waals surface area contributed by atoms with Crippen molar-refractivity contribution in [1.29, 1.82) is 0 Å². The lowest BCUT2D eigenvalue weighted by molar-refractivity contribution is 0.821. The van der Waals surface area contributed by atoms with Crippen LogP contribution in [0.2, 0.25) is 0 Å². The molecule has 1 aromatic rings. The number of thioether (sulfide) groups is 1. The van der Waals surface area contributed by atoms with E-state index in [0.717, 1.165) is 43.0 Å². The molecule has 0 radical (unpaired) electrons. The van der Waals surface area contributed by atoms with Gasteiger partial charge < -0.3 is 11.1 Å². The number of benzene rings is 1. The van der Waals surface area contributed by atoms with E-state index in [9.17, 15) is 0 Å². The van der Waals surface area contributed by atoms with Crippen molar-refractivity contribution in [2.45, 2.75) is 40.0 Å². The number of hydrogen-bond donors (Lipinski definition) is 2. The molecule has 2 nitrogen and oxygen atoms in total. The van der Waals surface area contributed by atoms with Crippen LogP contribution in [0.1, 0.15) is 51.2 Å². The van der Waals surface area contributed by atoms with Crippen LogP contribution in [0.25, 0.3) is 11.1 Å². The first-order valence-electron chi connectivity index (χ1n) is 11.0. The Labute approximate surface area is 193 Å². The molecule has 1 aliphatic rings. The summed E-state index contributed by atoms with van der Waals surface area (Å²) in [5, 5.41) is 5.69. The predicted molar refractivity (Wildman–Crippen MR) is 142 cm³/mol. The van der Waals surface area contributed by atoms with Crippen LogP contribution >= 0.6 is 11.8 Å². The molecule has 0 aliphatic heterocycles. The van der Waals surface area contributed by atoms with E-state index in [1.54, 1.807) is 0 Å². The first-order chi connectivity index (χ1) is 15.0. The summed E-state index contributed by atoms with van der Waals surface area (Å²) < 4.78 is 0. The number of nitrogens with two attached hydrogens (primary N) is 1. The van der Waals surface area contributed by atoms with E-state index in [0.29, 0.717) is 0 Å². The second-order valence-electron chi connectivity index (χ2n) is 7.55. The second kappa shape index (κ2) is 13.6. The Balaban J connectivity index is 1.92. The van der Waals surface area contributed by atoms with Crippen LogP contribution in [0.5, 0.6) is 0 Å². The van der Waals surface area contributed by atoms with Gasteiger partial charge in [0, 0.05) is 23.7 Å². The number of allylic oxidation sites excluding steroid dienone is 11. The third-order valence-electron chi connectivity index (χ3n) is 5.03. The van der Waals surface area contributed by atoms with Gasteiger partial charge in [-0.1, -0.05) is 68.2 Å². The van der Waals surface area contributed by atoms with Crippen molar-refractivity contribution in [2.75, 3.05) is 12.3 Å². The summed E-state index contributed by atoms with van der Waals surface area (Å²) >= 11 is 1.83. The Hall–Kier alpha value is -2.65. The van der Waals surface area contributed by atoms with Crippen molar-refractivity contribution in [1.82, 2.24) is 5.32 Å². The molecule has 31 heavy (non-hydrogen) atoms. The van der Waals surface area contributed by atoms with Crippen molar-refractivity contribution in [3.8, 4) is 0 Å². The van der Waals surface area contributed by atoms with Gasteiger partial charge in [0.1, 0.15) is 0 Å². The Morgan fingerprint density at radius 2 is 2.03 bits per heavy atom. The van der Waals surface area contributed by atoms with E-state index in [-0.39, 0.29) is 0 Å². The van der Waals surface area contributed by atoms with E-state index in [4.69, 9.17) is 5.73 Å². The Bertz CT molecular complexity index is 926. The third kappa shape index (κ3) is 8.55. The average molecular weight is 433 g/mol. The lowest BCUT2D eigenvalue weighted by atomic mass is 9.99. The SMILES string of the molecule is C=C(NCCS/C=C(\C)c1cccc(C(/C=C\C)=C/C=C/CC)c1)C1=CC=C(N)CC1. The first-order valence-corrected chi connectivity index (χ1v) is 12.1. The predicted octanol–water partition coefficient (Wildman–Crippen LogP) is 7.37. The van der Waals surface area contributed by atoms with Gasteiger partial charge in [0.2, 0.25) is 0 Å². The molecule has 0 saturated heterocycles. The minimum atomic E-state index is 0.891. The molecule has 0 fully saturated rings. The van der Waals surface area contributed by atoms with E-state index in [1.165, 1.54) is 27.8 Å². The smallest absolute Gasteiger partial charge is 0.0300 e. The van der Waals surface area contributed by atoms with Crippen molar-refractivity contribution in [3.63, 3.8) is 0 Å². The molecule has 0 unspecified atom stereocenters. The Morgan fingerprint density at radius 3 is 2.74 bits per heavy atom. The molecular formula is C28H36N2S. The quantitative estimate of drug-likeness (QED) is 0.283. The van der Waals surface area contributed by atoms with Gasteiger partial charge >= 0.3 is 0 Å². The maximum absolute atomic E-state index is 5.83. The number of rotatable bonds is 11. The fourth-order valence-electron chi connectivity index (χ4n) is 3.21. The minimum Gasteiger partial charge on any atom is -0.402 e. The molecule has 0 heterocycles. The van der Waals surface area contributed by atoms with Gasteiger partial charge in [-0.3, -0.25) is 0 Å². The van der Waals surface area contributed by atoms with Gasteiger partial charge in [0.25, 0.3) is 0 Å². The van der Waals surface area contributed by atoms with E-state index in [1.807, 2.05) is 17.8 Å². The van der Waals surface area contributed by atoms with E-state index < -0.39 is 0 Å². The maximum atomic E-state index is 5.83. The zero-order valence-corrected chi connectivity index (χ0v) is 20.0. The monoisotopic (exact) mass is 432 g/mol. The maximum Gasteiger partial charge on any atom is 0.0300 e. The zero-order valence-electron chi connectivity index (χ0n) is 19.2. The third-order valence-corrected chi connectivity index (χ3v) is 5.99. The highest BCUT2D eigenvalue weighted by molar-refractivity contribution is 8.02. The summed E-state index contributed by atoms with van der Waals surface area (Å²) in [6.07, 6.45) is 17.7. The topological polar surface area (TPSA) is 38.0 Å². The molecule has 0 spiro atoms. The highest BCUT2D eigenvalue weighted by atomic mass is 32.2. The molecule has 1 aromatic carbocycles. The summed E-state index contributed by atoms with van der Waals surface area (Å²) in [5.74, 6) is 0.993. The van der Waals surface area contributed by atoms with E-state index in [2.05, 4.69) is 98.8 Å². The second-order valence-corrected chi connectivity index (χ2v) is 8.53. The van der Waals surface area contributed by atoms with Crippen molar-refractivity contribution < 1.29 is 0 Å². The molecular weight excluding hydrogens is 396 g/mol. The minimum absolute atomic E-state index is 0.891. The van der Waals surface area contributed by atoms with Crippen LogP contribution in [0.4, 0.5) is 0 Å². The van der Waals surface area contributed by atoms with Gasteiger partial charge in [-0.2, -0.15) is 0 Å². The van der Waals surface area contributed by atoms with Gasteiger partial charge in [-0.05, 0) is 78.5 Å². The molecule has 164 valence electrons. The van der Waals surface area contributed by atoms with Gasteiger partial charge in [-0.15, -0.1) is 11.8 Å². The molecule has 3 N–H and O–H groups in total. The van der Waals surface area contributed by atoms with Gasteiger partial charge in [-0.25, -0.2) is 0 Å². The normalized spacial score (nSPS) is 15.3. The van der Waals surface area contributed by atoms with Crippen LogP contribution in [0.15, 0.2) is 95.8 Å². The molecule has 0 atom stereocenters. The van der Waals surface area contributed by atoms with Crippen molar-refractivity contribution >= 4 is 22.9 Å². The zero-order chi connectivity index (χ0) is 22.5. The van der Waals surface area contributed by atoms with Crippen LogP contribution in [-0.2, 0) is 0 Å². The van der Waals surface area contributed by atoms with Crippen LogP contribution in [0, 0.1) is 0 Å². The standard InChI is InChI=1S/C28H36N2S/c1-5-7-8-11-25(10-6-2)27-13-9-12-26(20-27)22(3)21-31-19-18-30-23(4)24-14-16-28(29)17-15-24/h6-14,16,20-21,30H,4-5,15,17-19,29H2,1-3H3/b8-7+,10-6-,22-21+,25-11+. The summed E-state index contributed by atoms with van der Waals surface area (Å²) in [6.45, 7) is 11.4. The van der Waals surface area contributed by atoms with Crippen molar-refractivity contribution in [2.24, 2.45) is 5.73 Å². The number of hydrogen-bond acceptors (Lipinski definition) is 3. The molecule has 0 aromatic heterocycles. The highest BCUT2D eigenvalue weighted by Crippen LogP contribution is 2.24. The highest BCUT2D eigenvalue weighted by Gasteiger charge is 2.07. The van der Waals surface area contributed by atoms with Crippen LogP contribution in [0.3, 0.4) is 0 Å². The fourth-order valence-corrected chi connectivity index (χ4v) is 3.93. The molecule has 2 rings (SSSR count). The lowest BCUT2D eigenvalue weighted by Crippen LogP contribution is -2.18. The Kier molecular flexibility index (Phi) is 10.8. The van der Waals surface area contributed by atoms with Gasteiger partial charge in [0.05, 0.1) is 0 Å². The molecule has 0 bridgehead atoms. The fraction of sp³-hybridized carbons (Fsp3) is 0.286. The first kappa shape index (κ1) is 24.6. The lowest BCUT2D eigenvalue weighted by Gasteiger charge is -2.15. The average Bonchev–Trinajstić information content (AvgIpc) is 2.78. The molecule has 0 amide bonds. The summed E-state index contributed by atoms with van der Waals surface area (Å²) in [4.78, 5) is 0.